The Morgan fingerprint density at radius 2 is 0.551 bits per heavy atom. The highest BCUT2D eigenvalue weighted by Crippen LogP contribution is 2.34. The number of hydrogen-bond acceptors (Lipinski definition) is 0. The number of rotatable bonds is 14. The normalized spacial score (nSPS) is 12.2. The SMILES string of the molecule is C.CC(C)C(C)C.CC(C)CC(C)C.CC(C)CC(C)C.CC(C)CC(C)C.CC(C)CC1CC1.CC(C)CCC(C)C.CCCC(C)C. The second kappa shape index (κ2) is 44.2. The predicted molar refractivity (Wildman–Crippen MR) is 240 cm³/mol. The fraction of sp³-hybridized carbons (Fsp3) is 1.00. The zero-order valence-electron chi connectivity index (χ0n) is 39.6. The molecule has 0 unspecified atom stereocenters. The van der Waals surface area contributed by atoms with Crippen LogP contribution < -0.4 is 0 Å². The fourth-order valence-electron chi connectivity index (χ4n) is 5.09. The summed E-state index contributed by atoms with van der Waals surface area (Å²) in [6.45, 7) is 56.6. The van der Waals surface area contributed by atoms with Crippen molar-refractivity contribution in [1.29, 1.82) is 0 Å². The molecule has 308 valence electrons. The number of hydrogen-bond donors (Lipinski definition) is 0. The Hall–Kier alpha value is 0. The van der Waals surface area contributed by atoms with Crippen LogP contribution in [0.25, 0.3) is 0 Å². The monoisotopic (exact) mass is 701 g/mol. The van der Waals surface area contributed by atoms with Gasteiger partial charge in [-0.3, -0.25) is 0 Å². The Balaban J connectivity index is -0.0000000839. The van der Waals surface area contributed by atoms with Crippen molar-refractivity contribution in [3.8, 4) is 0 Å². The standard InChI is InChI=1S/C8H18.C7H14.3C7H16.2C6H14.CH4/c1-7(2)5-6-8(3)4;1-6(2)5-7-3-4-7;3*1-6(2)5-7(3)4;1-5(2)6(3)4;1-4-5-6(2)3;/h7-8H,5-6H2,1-4H3;6-7H,3-5H2,1-2H3;3*6-7H,5H2,1-4H3;5-6H,1-4H3;6H,4-5H2,1-3H3;1H4. The van der Waals surface area contributed by atoms with E-state index >= 15 is 0 Å². The zero-order chi connectivity index (χ0) is 39.6. The highest BCUT2D eigenvalue weighted by molar-refractivity contribution is 4.73. The third-order valence-electron chi connectivity index (χ3n) is 7.85. The van der Waals surface area contributed by atoms with E-state index in [0.717, 1.165) is 76.9 Å². The van der Waals surface area contributed by atoms with Crippen LogP contribution in [0.2, 0.25) is 0 Å². The molecule has 0 amide bonds. The minimum atomic E-state index is 0. The van der Waals surface area contributed by atoms with Crippen molar-refractivity contribution in [3.05, 3.63) is 0 Å². The van der Waals surface area contributed by atoms with Crippen LogP contribution >= 0.6 is 0 Å². The Kier molecular flexibility index (Phi) is 57.7. The molecule has 0 bridgehead atoms. The van der Waals surface area contributed by atoms with Crippen LogP contribution in [0.15, 0.2) is 0 Å². The van der Waals surface area contributed by atoms with E-state index in [4.69, 9.17) is 0 Å². The van der Waals surface area contributed by atoms with E-state index in [1.807, 2.05) is 0 Å². The van der Waals surface area contributed by atoms with Crippen molar-refractivity contribution in [1.82, 2.24) is 0 Å². The lowest BCUT2D eigenvalue weighted by Gasteiger charge is -2.05. The Bertz CT molecular complexity index is 441. The molecule has 1 aliphatic rings. The summed E-state index contributed by atoms with van der Waals surface area (Å²) in [5.74, 6) is 11.7. The molecular formula is C49H112. The Labute approximate surface area is 320 Å². The van der Waals surface area contributed by atoms with Gasteiger partial charge in [0, 0.05) is 0 Å². The van der Waals surface area contributed by atoms with E-state index in [0.29, 0.717) is 0 Å². The van der Waals surface area contributed by atoms with E-state index < -0.39 is 0 Å². The van der Waals surface area contributed by atoms with Crippen LogP contribution in [0.4, 0.5) is 0 Å². The molecule has 0 spiro atoms. The highest BCUT2D eigenvalue weighted by atomic mass is 14.3. The smallest absolute Gasteiger partial charge is 0.0412 e. The van der Waals surface area contributed by atoms with Gasteiger partial charge in [-0.05, 0) is 103 Å². The van der Waals surface area contributed by atoms with Crippen LogP contribution in [0.3, 0.4) is 0 Å². The maximum absolute atomic E-state index is 2.30. The topological polar surface area (TPSA) is 0 Å². The van der Waals surface area contributed by atoms with Crippen LogP contribution in [-0.2, 0) is 0 Å². The maximum atomic E-state index is 2.30. The molecule has 1 fully saturated rings. The summed E-state index contributed by atoms with van der Waals surface area (Å²) < 4.78 is 0. The largest absolute Gasteiger partial charge is 0.0776 e. The predicted octanol–water partition coefficient (Wildman–Crippen LogP) is 19.0. The van der Waals surface area contributed by atoms with Gasteiger partial charge in [0.25, 0.3) is 0 Å². The minimum absolute atomic E-state index is 0. The van der Waals surface area contributed by atoms with E-state index in [2.05, 4.69) is 173 Å². The van der Waals surface area contributed by atoms with Gasteiger partial charge in [-0.2, -0.15) is 0 Å². The second-order valence-corrected chi connectivity index (χ2v) is 20.2. The minimum Gasteiger partial charge on any atom is -0.0776 e. The van der Waals surface area contributed by atoms with Crippen LogP contribution in [0.1, 0.15) is 245 Å². The molecule has 1 rings (SSSR count). The summed E-state index contributed by atoms with van der Waals surface area (Å²) in [5, 5.41) is 0. The Morgan fingerprint density at radius 1 is 0.327 bits per heavy atom. The average Bonchev–Trinajstić information content (AvgIpc) is 3.66. The first-order chi connectivity index (χ1) is 21.7. The fourth-order valence-corrected chi connectivity index (χ4v) is 5.09. The molecule has 0 aromatic heterocycles. The molecular weight excluding hydrogens is 589 g/mol. The third kappa shape index (κ3) is 106. The molecule has 0 nitrogen and oxygen atoms in total. The van der Waals surface area contributed by atoms with Gasteiger partial charge in [0.15, 0.2) is 0 Å². The van der Waals surface area contributed by atoms with Crippen LogP contribution in [-0.4, -0.2) is 0 Å². The van der Waals surface area contributed by atoms with E-state index in [1.165, 1.54) is 64.2 Å². The quantitative estimate of drug-likeness (QED) is 0.169. The Morgan fingerprint density at radius 3 is 0.592 bits per heavy atom. The first-order valence-electron chi connectivity index (χ1n) is 21.7. The molecule has 0 heteroatoms. The van der Waals surface area contributed by atoms with Crippen molar-refractivity contribution >= 4 is 0 Å². The van der Waals surface area contributed by atoms with Crippen molar-refractivity contribution < 1.29 is 0 Å². The summed E-state index contributed by atoms with van der Waals surface area (Å²) in [5.41, 5.74) is 0. The molecule has 0 aliphatic heterocycles. The summed E-state index contributed by atoms with van der Waals surface area (Å²) in [4.78, 5) is 0. The maximum Gasteiger partial charge on any atom is -0.0412 e. The zero-order valence-corrected chi connectivity index (χ0v) is 39.6. The van der Waals surface area contributed by atoms with Gasteiger partial charge in [0.1, 0.15) is 0 Å². The second-order valence-electron chi connectivity index (χ2n) is 20.2. The van der Waals surface area contributed by atoms with Crippen LogP contribution in [0, 0.1) is 76.9 Å². The van der Waals surface area contributed by atoms with E-state index in [-0.39, 0.29) is 7.43 Å². The lowest BCUT2D eigenvalue weighted by Crippen LogP contribution is -1.95. The first-order valence-corrected chi connectivity index (χ1v) is 21.7. The molecule has 49 heavy (non-hydrogen) atoms. The average molecular weight is 701 g/mol. The summed E-state index contributed by atoms with van der Waals surface area (Å²) >= 11 is 0. The molecule has 0 saturated heterocycles. The van der Waals surface area contributed by atoms with Gasteiger partial charge < -0.3 is 0 Å². The molecule has 0 radical (unpaired) electrons. The van der Waals surface area contributed by atoms with Gasteiger partial charge in [0.05, 0.1) is 0 Å². The van der Waals surface area contributed by atoms with E-state index in [1.54, 1.807) is 0 Å². The molecule has 0 N–H and O–H groups in total. The summed E-state index contributed by atoms with van der Waals surface area (Å²) in [7, 11) is 0. The summed E-state index contributed by atoms with van der Waals surface area (Å²) in [6, 6.07) is 0. The van der Waals surface area contributed by atoms with Crippen molar-refractivity contribution in [2.45, 2.75) is 245 Å². The van der Waals surface area contributed by atoms with E-state index in [9.17, 15) is 0 Å². The summed E-state index contributed by atoms with van der Waals surface area (Å²) in [6.07, 6.45) is 14.1. The molecule has 0 heterocycles. The first kappa shape index (κ1) is 64.0. The van der Waals surface area contributed by atoms with Gasteiger partial charge in [-0.1, -0.05) is 219 Å². The van der Waals surface area contributed by atoms with Gasteiger partial charge in [-0.25, -0.2) is 0 Å². The molecule has 1 saturated carbocycles. The molecule has 0 atom stereocenters. The molecule has 0 aromatic rings. The third-order valence-corrected chi connectivity index (χ3v) is 7.85. The van der Waals surface area contributed by atoms with Gasteiger partial charge in [-0.15, -0.1) is 0 Å². The lowest BCUT2D eigenvalue weighted by atomic mass is 10.0. The highest BCUT2D eigenvalue weighted by Gasteiger charge is 2.21. The van der Waals surface area contributed by atoms with Crippen molar-refractivity contribution in [2.24, 2.45) is 76.9 Å². The van der Waals surface area contributed by atoms with Gasteiger partial charge >= 0.3 is 0 Å². The van der Waals surface area contributed by atoms with Gasteiger partial charge in [0.2, 0.25) is 0 Å². The van der Waals surface area contributed by atoms with Crippen LogP contribution in [0.5, 0.6) is 0 Å². The molecule has 0 aromatic carbocycles. The van der Waals surface area contributed by atoms with Crippen molar-refractivity contribution in [2.75, 3.05) is 0 Å². The van der Waals surface area contributed by atoms with Crippen molar-refractivity contribution in [3.63, 3.8) is 0 Å². The molecule has 1 aliphatic carbocycles. The lowest BCUT2D eigenvalue weighted by molar-refractivity contribution is 0.457.